The maximum Gasteiger partial charge on any atom is 0.278 e. The van der Waals surface area contributed by atoms with Crippen LogP contribution in [0.25, 0.3) is 0 Å². The van der Waals surface area contributed by atoms with Crippen molar-refractivity contribution >= 4 is 0 Å². The van der Waals surface area contributed by atoms with Crippen molar-refractivity contribution in [3.8, 4) is 5.75 Å². The van der Waals surface area contributed by atoms with Crippen molar-refractivity contribution in [2.24, 2.45) is 5.73 Å². The molecule has 0 heterocycles. The summed E-state index contributed by atoms with van der Waals surface area (Å²) in [5.41, 5.74) is 6.63. The topological polar surface area (TPSA) is 35.2 Å². The van der Waals surface area contributed by atoms with E-state index in [9.17, 15) is 8.78 Å². The molecule has 0 saturated heterocycles. The number of hydrogen-bond acceptors (Lipinski definition) is 2. The van der Waals surface area contributed by atoms with Crippen LogP contribution in [-0.4, -0.2) is 19.1 Å². The number of halogens is 2. The van der Waals surface area contributed by atoms with Gasteiger partial charge in [-0.1, -0.05) is 19.1 Å². The van der Waals surface area contributed by atoms with E-state index in [-0.39, 0.29) is 0 Å². The zero-order valence-electron chi connectivity index (χ0n) is 10.2. The lowest BCUT2D eigenvalue weighted by Crippen LogP contribution is -2.20. The lowest BCUT2D eigenvalue weighted by Gasteiger charge is -2.14. The molecule has 1 aromatic carbocycles. The van der Waals surface area contributed by atoms with Crippen LogP contribution in [0.5, 0.6) is 5.75 Å². The molecule has 1 rings (SSSR count). The average Bonchev–Trinajstić information content (AvgIpc) is 2.26. The zero-order valence-corrected chi connectivity index (χ0v) is 10.2. The summed E-state index contributed by atoms with van der Waals surface area (Å²) in [7, 11) is 0. The molecule has 2 N–H and O–H groups in total. The molecule has 1 atom stereocenters. The van der Waals surface area contributed by atoms with Crippen molar-refractivity contribution in [3.05, 3.63) is 29.8 Å². The van der Waals surface area contributed by atoms with Crippen molar-refractivity contribution in [1.29, 1.82) is 0 Å². The largest absolute Gasteiger partial charge is 0.487 e. The van der Waals surface area contributed by atoms with E-state index in [4.69, 9.17) is 10.5 Å². The molecular weight excluding hydrogens is 224 g/mol. The highest BCUT2D eigenvalue weighted by atomic mass is 19.3. The zero-order chi connectivity index (χ0) is 12.9. The molecule has 17 heavy (non-hydrogen) atoms. The quantitative estimate of drug-likeness (QED) is 0.832. The highest BCUT2D eigenvalue weighted by Gasteiger charge is 2.21. The van der Waals surface area contributed by atoms with Crippen molar-refractivity contribution in [1.82, 2.24) is 0 Å². The van der Waals surface area contributed by atoms with Gasteiger partial charge in [0, 0.05) is 6.92 Å². The number of rotatable bonds is 6. The second kappa shape index (κ2) is 5.96. The van der Waals surface area contributed by atoms with E-state index in [1.54, 1.807) is 12.1 Å². The van der Waals surface area contributed by atoms with E-state index in [0.29, 0.717) is 18.2 Å². The fraction of sp³-hybridized carbons (Fsp3) is 0.538. The molecule has 0 aromatic heterocycles. The van der Waals surface area contributed by atoms with Crippen molar-refractivity contribution in [2.75, 3.05) is 13.2 Å². The molecule has 0 amide bonds. The van der Waals surface area contributed by atoms with Crippen LogP contribution < -0.4 is 10.5 Å². The minimum Gasteiger partial charge on any atom is -0.487 e. The number of ether oxygens (including phenoxy) is 1. The Labute approximate surface area is 101 Å². The monoisotopic (exact) mass is 243 g/mol. The predicted octanol–water partition coefficient (Wildman–Crippen LogP) is 3.17. The Balaban J connectivity index is 2.56. The Hall–Kier alpha value is -1.16. The third-order valence-corrected chi connectivity index (χ3v) is 2.54. The Morgan fingerprint density at radius 1 is 1.29 bits per heavy atom. The Bertz CT molecular complexity index is 332. The van der Waals surface area contributed by atoms with Gasteiger partial charge in [0.15, 0.2) is 6.61 Å². The fourth-order valence-electron chi connectivity index (χ4n) is 1.52. The Morgan fingerprint density at radius 2 is 1.88 bits per heavy atom. The van der Waals surface area contributed by atoms with Gasteiger partial charge >= 0.3 is 0 Å². The molecule has 1 unspecified atom stereocenters. The van der Waals surface area contributed by atoms with Gasteiger partial charge in [0.05, 0.1) is 0 Å². The summed E-state index contributed by atoms with van der Waals surface area (Å²) in [5, 5.41) is 0. The van der Waals surface area contributed by atoms with Gasteiger partial charge in [-0.05, 0) is 36.6 Å². The van der Waals surface area contributed by atoms with Gasteiger partial charge in [0.2, 0.25) is 0 Å². The third kappa shape index (κ3) is 5.13. The number of alkyl halides is 2. The summed E-state index contributed by atoms with van der Waals surface area (Å²) in [6, 6.07) is 7.22. The lowest BCUT2D eigenvalue weighted by atomic mass is 9.98. The van der Waals surface area contributed by atoms with E-state index in [1.165, 1.54) is 0 Å². The minimum absolute atomic E-state index is 0.377. The number of nitrogens with two attached hydrogens (primary N) is 1. The van der Waals surface area contributed by atoms with E-state index in [1.807, 2.05) is 12.1 Å². The van der Waals surface area contributed by atoms with Crippen LogP contribution in [0.4, 0.5) is 8.78 Å². The predicted molar refractivity (Wildman–Crippen MR) is 64.6 cm³/mol. The summed E-state index contributed by atoms with van der Waals surface area (Å²) in [6.45, 7) is 2.97. The average molecular weight is 243 g/mol. The van der Waals surface area contributed by atoms with Gasteiger partial charge in [-0.25, -0.2) is 8.78 Å². The smallest absolute Gasteiger partial charge is 0.278 e. The highest BCUT2D eigenvalue weighted by molar-refractivity contribution is 5.29. The SMILES string of the molecule is CC(CCN)c1ccc(OCC(C)(F)F)cc1. The molecule has 2 nitrogen and oxygen atoms in total. The third-order valence-electron chi connectivity index (χ3n) is 2.54. The molecular formula is C13H19F2NO. The van der Waals surface area contributed by atoms with Crippen LogP contribution in [0.1, 0.15) is 31.7 Å². The first-order valence-corrected chi connectivity index (χ1v) is 5.73. The van der Waals surface area contributed by atoms with Gasteiger partial charge in [-0.2, -0.15) is 0 Å². The summed E-state index contributed by atoms with van der Waals surface area (Å²) >= 11 is 0. The second-order valence-corrected chi connectivity index (χ2v) is 4.41. The summed E-state index contributed by atoms with van der Waals surface area (Å²) in [4.78, 5) is 0. The minimum atomic E-state index is -2.80. The van der Waals surface area contributed by atoms with Crippen LogP contribution in [0, 0.1) is 0 Å². The first kappa shape index (κ1) is 13.9. The Morgan fingerprint density at radius 3 is 2.35 bits per heavy atom. The van der Waals surface area contributed by atoms with E-state index in [0.717, 1.165) is 18.9 Å². The second-order valence-electron chi connectivity index (χ2n) is 4.41. The van der Waals surface area contributed by atoms with Gasteiger partial charge in [0.1, 0.15) is 5.75 Å². The lowest BCUT2D eigenvalue weighted by molar-refractivity contribution is -0.0229. The Kier molecular flexibility index (Phi) is 4.87. The molecule has 0 aliphatic carbocycles. The summed E-state index contributed by atoms with van der Waals surface area (Å²) < 4.78 is 30.1. The van der Waals surface area contributed by atoms with Crippen LogP contribution in [0.2, 0.25) is 0 Å². The summed E-state index contributed by atoms with van der Waals surface area (Å²) in [6.07, 6.45) is 0.910. The van der Waals surface area contributed by atoms with Crippen LogP contribution in [0.3, 0.4) is 0 Å². The first-order chi connectivity index (χ1) is 7.92. The molecule has 96 valence electrons. The van der Waals surface area contributed by atoms with Gasteiger partial charge in [0.25, 0.3) is 5.92 Å². The number of hydrogen-bond donors (Lipinski definition) is 1. The van der Waals surface area contributed by atoms with Gasteiger partial charge in [-0.3, -0.25) is 0 Å². The maximum absolute atomic E-state index is 12.6. The van der Waals surface area contributed by atoms with Gasteiger partial charge in [-0.15, -0.1) is 0 Å². The fourth-order valence-corrected chi connectivity index (χ4v) is 1.52. The molecule has 1 aromatic rings. The van der Waals surface area contributed by atoms with Gasteiger partial charge < -0.3 is 10.5 Å². The normalized spacial score (nSPS) is 13.5. The molecule has 0 radical (unpaired) electrons. The van der Waals surface area contributed by atoms with Crippen molar-refractivity contribution in [2.45, 2.75) is 32.1 Å². The van der Waals surface area contributed by atoms with Crippen molar-refractivity contribution in [3.63, 3.8) is 0 Å². The number of benzene rings is 1. The molecule has 4 heteroatoms. The van der Waals surface area contributed by atoms with E-state index >= 15 is 0 Å². The van der Waals surface area contributed by atoms with E-state index in [2.05, 4.69) is 6.92 Å². The standard InChI is InChI=1S/C13H19F2NO/c1-10(7-8-16)11-3-5-12(6-4-11)17-9-13(2,14)15/h3-6,10H,7-9,16H2,1-2H3. The summed E-state index contributed by atoms with van der Waals surface area (Å²) in [5.74, 6) is -1.96. The van der Waals surface area contributed by atoms with Crippen LogP contribution >= 0.6 is 0 Å². The first-order valence-electron chi connectivity index (χ1n) is 5.73. The molecule has 0 aliphatic heterocycles. The molecule has 0 saturated carbocycles. The van der Waals surface area contributed by atoms with Crippen LogP contribution in [0.15, 0.2) is 24.3 Å². The van der Waals surface area contributed by atoms with Crippen LogP contribution in [-0.2, 0) is 0 Å². The maximum atomic E-state index is 12.6. The highest BCUT2D eigenvalue weighted by Crippen LogP contribution is 2.22. The van der Waals surface area contributed by atoms with E-state index < -0.39 is 12.5 Å². The molecule has 0 bridgehead atoms. The molecule has 0 aliphatic rings. The van der Waals surface area contributed by atoms with Crippen molar-refractivity contribution < 1.29 is 13.5 Å². The molecule has 0 fully saturated rings. The molecule has 0 spiro atoms.